The van der Waals surface area contributed by atoms with Crippen molar-refractivity contribution in [1.82, 2.24) is 15.5 Å². The molecule has 2 N–H and O–H groups in total. The first kappa shape index (κ1) is 27.5. The Morgan fingerprint density at radius 3 is 2.61 bits per heavy atom. The number of carbonyl (C=O) groups excluding carboxylic acids is 1. The maximum absolute atomic E-state index is 12.8. The normalized spacial score (nSPS) is 23.4. The van der Waals surface area contributed by atoms with Crippen LogP contribution < -0.4 is 10.6 Å². The molecule has 3 saturated heterocycles. The molecule has 2 bridgehead atoms. The number of hydrogen-bond acceptors (Lipinski definition) is 7. The van der Waals surface area contributed by atoms with E-state index in [1.807, 2.05) is 18.7 Å². The predicted octanol–water partition coefficient (Wildman–Crippen LogP) is 3.31. The Morgan fingerprint density at radius 2 is 2.06 bits per heavy atom. The highest BCUT2D eigenvalue weighted by atomic mass is 79.9. The van der Waals surface area contributed by atoms with Gasteiger partial charge in [0, 0.05) is 23.7 Å². The lowest BCUT2D eigenvalue weighted by atomic mass is 9.89. The molecule has 9 nitrogen and oxygen atoms in total. The van der Waals surface area contributed by atoms with Crippen LogP contribution in [-0.2, 0) is 14.3 Å². The van der Waals surface area contributed by atoms with E-state index in [1.165, 1.54) is 6.08 Å². The molecule has 3 aliphatic heterocycles. The van der Waals surface area contributed by atoms with Crippen molar-refractivity contribution in [3.05, 3.63) is 44.7 Å². The van der Waals surface area contributed by atoms with Gasteiger partial charge in [0.15, 0.2) is 0 Å². The smallest absolute Gasteiger partial charge is 0.292 e. The highest BCUT2D eigenvalue weighted by Crippen LogP contribution is 2.32. The van der Waals surface area contributed by atoms with Gasteiger partial charge in [-0.3, -0.25) is 20.2 Å². The Morgan fingerprint density at radius 1 is 1.39 bits per heavy atom. The molecule has 3 aliphatic rings. The quantitative estimate of drug-likeness (QED) is 0.117. The molecule has 0 saturated carbocycles. The zero-order valence-corrected chi connectivity index (χ0v) is 21.6. The second kappa shape index (κ2) is 13.2. The number of carbonyl (C=O) groups is 1. The van der Waals surface area contributed by atoms with Crippen LogP contribution in [0.1, 0.15) is 46.5 Å². The van der Waals surface area contributed by atoms with Crippen LogP contribution in [0.25, 0.3) is 0 Å². The number of halogens is 1. The van der Waals surface area contributed by atoms with Crippen LogP contribution in [0.15, 0.2) is 34.6 Å². The van der Waals surface area contributed by atoms with Crippen molar-refractivity contribution >= 4 is 21.8 Å². The molecular weight excluding hydrogens is 492 g/mol. The molecule has 0 aromatic carbocycles. The molecule has 3 fully saturated rings. The third-order valence-electron chi connectivity index (χ3n) is 6.17. The SMILES string of the molecule is C=C(NC(CC)CCCNC(C)OC)/C(=C\C(Br)=C/C(C)C(=O)N1C2COCC1C2)[N+](=O)[O-]. The van der Waals surface area contributed by atoms with Crippen molar-refractivity contribution in [3.8, 4) is 0 Å². The van der Waals surface area contributed by atoms with Crippen LogP contribution in [0, 0.1) is 16.0 Å². The highest BCUT2D eigenvalue weighted by molar-refractivity contribution is 9.11. The number of allylic oxidation sites excluding steroid dienone is 2. The maximum atomic E-state index is 12.8. The second-order valence-corrected chi connectivity index (χ2v) is 9.57. The van der Waals surface area contributed by atoms with Gasteiger partial charge in [-0.15, -0.1) is 0 Å². The number of methoxy groups -OCH3 is 1. The Bertz CT molecular complexity index is 758. The lowest BCUT2D eigenvalue weighted by Crippen LogP contribution is -2.66. The van der Waals surface area contributed by atoms with E-state index < -0.39 is 10.8 Å². The third kappa shape index (κ3) is 7.91. The summed E-state index contributed by atoms with van der Waals surface area (Å²) in [6.07, 6.45) is 6.64. The number of nitrogens with zero attached hydrogens (tertiary/aromatic N) is 2. The van der Waals surface area contributed by atoms with Gasteiger partial charge in [-0.2, -0.15) is 0 Å². The van der Waals surface area contributed by atoms with E-state index in [9.17, 15) is 14.9 Å². The standard InChI is InChI=1S/C23H37BrN4O5/c1-6-19(8-7-9-25-17(4)32-5)26-16(3)22(28(30)31)11-18(24)10-15(2)23(29)27-20-12-21(27)14-33-13-20/h10-11,15,17,19-21,25-26H,3,6-9,12-14H2,1-2,4-5H3/b18-10+,22-11+. The van der Waals surface area contributed by atoms with Crippen molar-refractivity contribution in [2.45, 2.75) is 70.8 Å². The molecule has 3 rings (SSSR count). The molecule has 0 radical (unpaired) electrons. The Balaban J connectivity index is 1.95. The van der Waals surface area contributed by atoms with Gasteiger partial charge in [-0.1, -0.05) is 42.4 Å². The summed E-state index contributed by atoms with van der Waals surface area (Å²) in [6, 6.07) is 0.369. The van der Waals surface area contributed by atoms with Gasteiger partial charge in [0.2, 0.25) is 5.91 Å². The van der Waals surface area contributed by atoms with Gasteiger partial charge in [-0.05, 0) is 39.2 Å². The van der Waals surface area contributed by atoms with Crippen molar-refractivity contribution in [1.29, 1.82) is 0 Å². The fourth-order valence-corrected chi connectivity index (χ4v) is 4.72. The minimum atomic E-state index is -0.456. The summed E-state index contributed by atoms with van der Waals surface area (Å²) in [5, 5.41) is 18.1. The minimum Gasteiger partial charge on any atom is -0.377 e. The zero-order valence-electron chi connectivity index (χ0n) is 20.0. The summed E-state index contributed by atoms with van der Waals surface area (Å²) in [5.41, 5.74) is 0.125. The Hall–Kier alpha value is -1.75. The van der Waals surface area contributed by atoms with Gasteiger partial charge >= 0.3 is 0 Å². The molecule has 0 aromatic rings. The van der Waals surface area contributed by atoms with Crippen LogP contribution in [0.4, 0.5) is 0 Å². The molecule has 0 aromatic heterocycles. The first-order valence-corrected chi connectivity index (χ1v) is 12.3. The fraction of sp³-hybridized carbons (Fsp3) is 0.696. The van der Waals surface area contributed by atoms with E-state index in [2.05, 4.69) is 33.1 Å². The zero-order chi connectivity index (χ0) is 24.5. The van der Waals surface area contributed by atoms with Gasteiger partial charge in [0.1, 0.15) is 11.9 Å². The van der Waals surface area contributed by atoms with Crippen molar-refractivity contribution < 1.29 is 19.2 Å². The van der Waals surface area contributed by atoms with Crippen LogP contribution in [0.2, 0.25) is 0 Å². The van der Waals surface area contributed by atoms with E-state index in [0.717, 1.165) is 32.2 Å². The van der Waals surface area contributed by atoms with Crippen LogP contribution in [0.5, 0.6) is 0 Å². The van der Waals surface area contributed by atoms with Crippen LogP contribution in [0.3, 0.4) is 0 Å². The molecule has 1 amide bonds. The Labute approximate surface area is 204 Å². The van der Waals surface area contributed by atoms with Gasteiger partial charge < -0.3 is 19.7 Å². The van der Waals surface area contributed by atoms with Gasteiger partial charge in [-0.25, -0.2) is 0 Å². The molecule has 186 valence electrons. The van der Waals surface area contributed by atoms with Crippen LogP contribution in [-0.4, -0.2) is 67.0 Å². The summed E-state index contributed by atoms with van der Waals surface area (Å²) >= 11 is 3.39. The maximum Gasteiger partial charge on any atom is 0.292 e. The van der Waals surface area contributed by atoms with Crippen molar-refractivity contribution in [2.24, 2.45) is 5.92 Å². The predicted molar refractivity (Wildman–Crippen MR) is 131 cm³/mol. The van der Waals surface area contributed by atoms with E-state index in [-0.39, 0.29) is 41.7 Å². The first-order chi connectivity index (χ1) is 15.7. The van der Waals surface area contributed by atoms with E-state index in [4.69, 9.17) is 9.47 Å². The summed E-state index contributed by atoms with van der Waals surface area (Å²) in [6.45, 7) is 11.6. The second-order valence-electron chi connectivity index (χ2n) is 8.66. The molecule has 5 atom stereocenters. The lowest BCUT2D eigenvalue weighted by Gasteiger charge is -2.52. The molecule has 0 spiro atoms. The Kier molecular flexibility index (Phi) is 11.0. The number of nitro groups is 1. The molecule has 0 aliphatic carbocycles. The van der Waals surface area contributed by atoms with Crippen LogP contribution >= 0.6 is 15.9 Å². The largest absolute Gasteiger partial charge is 0.377 e. The number of rotatable bonds is 14. The topological polar surface area (TPSA) is 106 Å². The number of hydrogen-bond donors (Lipinski definition) is 2. The monoisotopic (exact) mass is 528 g/mol. The van der Waals surface area contributed by atoms with Gasteiger partial charge in [0.25, 0.3) is 5.70 Å². The number of nitrogens with one attached hydrogen (secondary N) is 2. The van der Waals surface area contributed by atoms with E-state index in [0.29, 0.717) is 17.7 Å². The van der Waals surface area contributed by atoms with E-state index >= 15 is 0 Å². The van der Waals surface area contributed by atoms with Gasteiger partial charge in [0.05, 0.1) is 36.1 Å². The molecule has 5 unspecified atom stereocenters. The fourth-order valence-electron chi connectivity index (χ4n) is 4.11. The van der Waals surface area contributed by atoms with Crippen molar-refractivity contribution in [2.75, 3.05) is 26.9 Å². The summed E-state index contributed by atoms with van der Waals surface area (Å²) in [4.78, 5) is 25.9. The molecule has 3 heterocycles. The highest BCUT2D eigenvalue weighted by Gasteiger charge is 2.45. The summed E-state index contributed by atoms with van der Waals surface area (Å²) in [5.74, 6) is -0.384. The number of amides is 1. The lowest BCUT2D eigenvalue weighted by molar-refractivity contribution is -0.421. The third-order valence-corrected chi connectivity index (χ3v) is 6.66. The average molecular weight is 529 g/mol. The van der Waals surface area contributed by atoms with E-state index in [1.54, 1.807) is 20.1 Å². The summed E-state index contributed by atoms with van der Waals surface area (Å²) in [7, 11) is 1.65. The van der Waals surface area contributed by atoms with Crippen molar-refractivity contribution in [3.63, 3.8) is 0 Å². The molecule has 10 heteroatoms. The average Bonchev–Trinajstić information content (AvgIpc) is 2.79. The summed E-state index contributed by atoms with van der Waals surface area (Å²) < 4.78 is 11.1. The number of fused-ring (bicyclic) bond motifs is 2. The first-order valence-electron chi connectivity index (χ1n) is 11.5. The minimum absolute atomic E-state index is 0.00976. The molecular formula is C23H37BrN4O5. The number of morpholine rings is 1. The number of ether oxygens (including phenoxy) is 2. The molecule has 33 heavy (non-hydrogen) atoms.